The number of carbonyl (C=O) groups is 2. The molecule has 9 heteroatoms. The lowest BCUT2D eigenvalue weighted by Gasteiger charge is -2.01. The van der Waals surface area contributed by atoms with Crippen molar-refractivity contribution in [3.63, 3.8) is 0 Å². The number of hydrogen-bond acceptors (Lipinski definition) is 6. The van der Waals surface area contributed by atoms with Crippen molar-refractivity contribution >= 4 is 39.9 Å². The zero-order valence-electron chi connectivity index (χ0n) is 12.8. The van der Waals surface area contributed by atoms with Gasteiger partial charge in [-0.25, -0.2) is 5.48 Å². The van der Waals surface area contributed by atoms with E-state index >= 15 is 0 Å². The summed E-state index contributed by atoms with van der Waals surface area (Å²) in [5.74, 6) is -0.566. The van der Waals surface area contributed by atoms with Gasteiger partial charge in [0.1, 0.15) is 0 Å². The third-order valence-electron chi connectivity index (χ3n) is 3.21. The Hall–Kier alpha value is -2.03. The van der Waals surface area contributed by atoms with Gasteiger partial charge in [0.2, 0.25) is 16.9 Å². The first-order valence-corrected chi connectivity index (χ1v) is 8.61. The third-order valence-corrected chi connectivity index (χ3v) is 4.41. The van der Waals surface area contributed by atoms with Gasteiger partial charge in [-0.15, -0.1) is 10.2 Å². The van der Waals surface area contributed by atoms with Crippen LogP contribution in [0.15, 0.2) is 24.3 Å². The van der Waals surface area contributed by atoms with Gasteiger partial charge in [0.05, 0.1) is 5.02 Å². The zero-order chi connectivity index (χ0) is 17.4. The van der Waals surface area contributed by atoms with Gasteiger partial charge in [0, 0.05) is 18.4 Å². The lowest BCUT2D eigenvalue weighted by molar-refractivity contribution is -0.129. The molecule has 3 N–H and O–H groups in total. The van der Waals surface area contributed by atoms with Crippen molar-refractivity contribution in [1.82, 2.24) is 15.7 Å². The molecule has 24 heavy (non-hydrogen) atoms. The van der Waals surface area contributed by atoms with Crippen LogP contribution >= 0.6 is 22.9 Å². The van der Waals surface area contributed by atoms with E-state index in [1.807, 2.05) is 18.2 Å². The van der Waals surface area contributed by atoms with Crippen LogP contribution in [0.4, 0.5) is 5.13 Å². The average molecular weight is 369 g/mol. The van der Waals surface area contributed by atoms with Crippen LogP contribution in [0.3, 0.4) is 0 Å². The molecule has 0 atom stereocenters. The number of aromatic nitrogens is 2. The summed E-state index contributed by atoms with van der Waals surface area (Å²) in [5, 5.41) is 20.7. The van der Waals surface area contributed by atoms with Gasteiger partial charge in [-0.2, -0.15) is 0 Å². The molecule has 0 bridgehead atoms. The number of halogens is 1. The molecule has 1 heterocycles. The Bertz CT molecular complexity index is 708. The number of hydrogen-bond donors (Lipinski definition) is 3. The van der Waals surface area contributed by atoms with Crippen molar-refractivity contribution < 1.29 is 14.8 Å². The molecule has 0 saturated heterocycles. The number of anilines is 1. The van der Waals surface area contributed by atoms with Gasteiger partial charge < -0.3 is 5.32 Å². The fourth-order valence-electron chi connectivity index (χ4n) is 2.00. The van der Waals surface area contributed by atoms with Crippen LogP contribution in [0, 0.1) is 0 Å². The predicted octanol–water partition coefficient (Wildman–Crippen LogP) is 3.25. The van der Waals surface area contributed by atoms with E-state index in [4.69, 9.17) is 16.8 Å². The number of nitrogens with one attached hydrogen (secondary N) is 2. The zero-order valence-corrected chi connectivity index (χ0v) is 14.4. The quantitative estimate of drug-likeness (QED) is 0.377. The number of rotatable bonds is 8. The number of carbonyl (C=O) groups excluding carboxylic acids is 2. The lowest BCUT2D eigenvalue weighted by atomic mass is 10.1. The maximum Gasteiger partial charge on any atom is 0.243 e. The Kier molecular flexibility index (Phi) is 7.10. The van der Waals surface area contributed by atoms with E-state index in [9.17, 15) is 9.59 Å². The molecule has 0 saturated carbocycles. The van der Waals surface area contributed by atoms with Gasteiger partial charge in [0.15, 0.2) is 5.01 Å². The lowest BCUT2D eigenvalue weighted by Crippen LogP contribution is -2.17. The Balaban J connectivity index is 1.77. The van der Waals surface area contributed by atoms with Crippen molar-refractivity contribution in [2.45, 2.75) is 32.1 Å². The molecular weight excluding hydrogens is 352 g/mol. The molecule has 0 aliphatic carbocycles. The molecular formula is C15H17ClN4O3S. The summed E-state index contributed by atoms with van der Waals surface area (Å²) in [6.07, 6.45) is 2.58. The van der Waals surface area contributed by atoms with E-state index < -0.39 is 5.91 Å². The van der Waals surface area contributed by atoms with Gasteiger partial charge >= 0.3 is 0 Å². The third kappa shape index (κ3) is 5.55. The standard InChI is InChI=1S/C15H17ClN4O3S/c16-11-7-5-4-6-10(11)14-18-19-15(24-14)17-12(21)8-2-1-3-9-13(22)20-23/h4-7,23H,1-3,8-9H2,(H,20,22)(H,17,19,21). The monoisotopic (exact) mass is 368 g/mol. The Morgan fingerprint density at radius 2 is 1.79 bits per heavy atom. The highest BCUT2D eigenvalue weighted by Gasteiger charge is 2.11. The molecule has 2 rings (SSSR count). The van der Waals surface area contributed by atoms with Crippen molar-refractivity contribution in [3.05, 3.63) is 29.3 Å². The predicted molar refractivity (Wildman–Crippen MR) is 92.0 cm³/mol. The van der Waals surface area contributed by atoms with Crippen LogP contribution in [-0.2, 0) is 9.59 Å². The number of benzene rings is 1. The number of unbranched alkanes of at least 4 members (excludes halogenated alkanes) is 2. The van der Waals surface area contributed by atoms with Gasteiger partial charge in [-0.1, -0.05) is 47.6 Å². The molecule has 0 radical (unpaired) electrons. The molecule has 1 aromatic carbocycles. The minimum Gasteiger partial charge on any atom is -0.301 e. The average Bonchev–Trinajstić information content (AvgIpc) is 3.02. The van der Waals surface area contributed by atoms with Crippen LogP contribution in [0.25, 0.3) is 10.6 Å². The molecule has 7 nitrogen and oxygen atoms in total. The highest BCUT2D eigenvalue weighted by atomic mass is 35.5. The molecule has 2 aromatic rings. The molecule has 0 spiro atoms. The summed E-state index contributed by atoms with van der Waals surface area (Å²) in [6, 6.07) is 7.31. The Labute approximate surface area is 148 Å². The maximum atomic E-state index is 11.9. The summed E-state index contributed by atoms with van der Waals surface area (Å²) < 4.78 is 0. The second-order valence-electron chi connectivity index (χ2n) is 5.04. The first kappa shape index (κ1) is 18.3. The SMILES string of the molecule is O=C(CCCCCC(=O)Nc1nnc(-c2ccccc2Cl)s1)NO. The molecule has 0 fully saturated rings. The Morgan fingerprint density at radius 1 is 1.08 bits per heavy atom. The number of amides is 2. The molecule has 2 amide bonds. The van der Waals surface area contributed by atoms with Crippen LogP contribution in [0.5, 0.6) is 0 Å². The van der Waals surface area contributed by atoms with E-state index in [-0.39, 0.29) is 12.3 Å². The van der Waals surface area contributed by atoms with E-state index in [1.165, 1.54) is 11.3 Å². The van der Waals surface area contributed by atoms with Crippen LogP contribution in [0.2, 0.25) is 5.02 Å². The summed E-state index contributed by atoms with van der Waals surface area (Å²) in [7, 11) is 0. The van der Waals surface area contributed by atoms with Gasteiger partial charge in [0.25, 0.3) is 0 Å². The molecule has 0 aliphatic heterocycles. The largest absolute Gasteiger partial charge is 0.301 e. The summed E-state index contributed by atoms with van der Waals surface area (Å²) in [6.45, 7) is 0. The highest BCUT2D eigenvalue weighted by Crippen LogP contribution is 2.31. The minimum absolute atomic E-state index is 0.150. The van der Waals surface area contributed by atoms with Crippen LogP contribution in [0.1, 0.15) is 32.1 Å². The second kappa shape index (κ2) is 9.31. The van der Waals surface area contributed by atoms with E-state index in [0.29, 0.717) is 34.4 Å². The van der Waals surface area contributed by atoms with Gasteiger partial charge in [-0.05, 0) is 18.9 Å². The van der Waals surface area contributed by atoms with Crippen LogP contribution in [-0.4, -0.2) is 27.2 Å². The van der Waals surface area contributed by atoms with Crippen molar-refractivity contribution in [2.75, 3.05) is 5.32 Å². The first-order valence-electron chi connectivity index (χ1n) is 7.41. The summed E-state index contributed by atoms with van der Waals surface area (Å²) in [4.78, 5) is 22.7. The van der Waals surface area contributed by atoms with E-state index in [2.05, 4.69) is 15.5 Å². The smallest absolute Gasteiger partial charge is 0.243 e. The normalized spacial score (nSPS) is 10.4. The molecule has 1 aromatic heterocycles. The van der Waals surface area contributed by atoms with Crippen molar-refractivity contribution in [3.8, 4) is 10.6 Å². The fourth-order valence-corrected chi connectivity index (χ4v) is 3.08. The van der Waals surface area contributed by atoms with E-state index in [0.717, 1.165) is 12.0 Å². The number of hydroxylamine groups is 1. The van der Waals surface area contributed by atoms with Crippen molar-refractivity contribution in [2.24, 2.45) is 0 Å². The molecule has 0 unspecified atom stereocenters. The van der Waals surface area contributed by atoms with E-state index in [1.54, 1.807) is 11.5 Å². The maximum absolute atomic E-state index is 11.9. The number of nitrogens with zero attached hydrogens (tertiary/aromatic N) is 2. The molecule has 128 valence electrons. The summed E-state index contributed by atoms with van der Waals surface area (Å²) >= 11 is 7.37. The minimum atomic E-state index is -0.416. The summed E-state index contributed by atoms with van der Waals surface area (Å²) in [5.41, 5.74) is 2.35. The van der Waals surface area contributed by atoms with Crippen molar-refractivity contribution in [1.29, 1.82) is 0 Å². The van der Waals surface area contributed by atoms with Crippen LogP contribution < -0.4 is 10.8 Å². The Morgan fingerprint density at radius 3 is 2.50 bits per heavy atom. The van der Waals surface area contributed by atoms with Gasteiger partial charge in [-0.3, -0.25) is 14.8 Å². The first-order chi connectivity index (χ1) is 11.6. The fraction of sp³-hybridized carbons (Fsp3) is 0.333. The topological polar surface area (TPSA) is 104 Å². The molecule has 0 aliphatic rings. The highest BCUT2D eigenvalue weighted by molar-refractivity contribution is 7.18. The second-order valence-corrected chi connectivity index (χ2v) is 6.42.